The minimum Gasteiger partial charge on any atom is -0.368 e. The Morgan fingerprint density at radius 2 is 1.79 bits per heavy atom. The molecule has 0 radical (unpaired) electrons. The Labute approximate surface area is 167 Å². The first-order chi connectivity index (χ1) is 13.8. The number of imidazole rings is 2. The highest BCUT2D eigenvalue weighted by molar-refractivity contribution is 7.90. The van der Waals surface area contributed by atoms with Gasteiger partial charge >= 0.3 is 0 Å². The van der Waals surface area contributed by atoms with Crippen LogP contribution in [0.2, 0.25) is 0 Å². The van der Waals surface area contributed by atoms with Crippen LogP contribution in [0, 0.1) is 0 Å². The van der Waals surface area contributed by atoms with E-state index < -0.39 is 15.3 Å². The van der Waals surface area contributed by atoms with E-state index in [1.807, 2.05) is 30.3 Å². The second kappa shape index (κ2) is 6.85. The Morgan fingerprint density at radius 3 is 2.45 bits per heavy atom. The highest BCUT2D eigenvalue weighted by atomic mass is 32.2. The van der Waals surface area contributed by atoms with Gasteiger partial charge in [0.15, 0.2) is 12.1 Å². The van der Waals surface area contributed by atoms with Crippen LogP contribution in [-0.2, 0) is 10.0 Å². The molecule has 9 heteroatoms. The number of nitrogen functional groups attached to an aromatic ring is 1. The highest BCUT2D eigenvalue weighted by Gasteiger charge is 2.25. The molecule has 0 saturated carbocycles. The van der Waals surface area contributed by atoms with Crippen molar-refractivity contribution in [3.05, 3.63) is 54.4 Å². The van der Waals surface area contributed by atoms with Gasteiger partial charge in [0.05, 0.1) is 27.7 Å². The molecular formula is C20H19N5O3S. The lowest BCUT2D eigenvalue weighted by atomic mass is 10.0. The van der Waals surface area contributed by atoms with Crippen LogP contribution >= 0.6 is 0 Å². The van der Waals surface area contributed by atoms with Gasteiger partial charge in [0.25, 0.3) is 0 Å². The first-order valence-electron chi connectivity index (χ1n) is 8.96. The summed E-state index contributed by atoms with van der Waals surface area (Å²) in [6.45, 7) is 3.17. The molecule has 2 aromatic heterocycles. The summed E-state index contributed by atoms with van der Waals surface area (Å²) >= 11 is 0. The van der Waals surface area contributed by atoms with Gasteiger partial charge in [0.1, 0.15) is 0 Å². The zero-order valence-corrected chi connectivity index (χ0v) is 16.6. The normalized spacial score (nSPS) is 12.0. The molecule has 0 aliphatic carbocycles. The van der Waals surface area contributed by atoms with Crippen LogP contribution < -0.4 is 5.73 Å². The number of nitrogens with two attached hydrogens (primary N) is 1. The molecule has 3 N–H and O–H groups in total. The third-order valence-corrected chi connectivity index (χ3v) is 6.74. The van der Waals surface area contributed by atoms with Crippen LogP contribution in [0.3, 0.4) is 0 Å². The van der Waals surface area contributed by atoms with Crippen LogP contribution in [0.1, 0.15) is 24.5 Å². The van der Waals surface area contributed by atoms with Gasteiger partial charge in [-0.2, -0.15) is 0 Å². The topological polar surface area (TPSA) is 124 Å². The van der Waals surface area contributed by atoms with E-state index in [1.165, 1.54) is 0 Å². The van der Waals surface area contributed by atoms with Crippen molar-refractivity contribution in [1.82, 2.24) is 18.9 Å². The van der Waals surface area contributed by atoms with Crippen molar-refractivity contribution in [3.8, 4) is 22.5 Å². The van der Waals surface area contributed by atoms with Crippen LogP contribution in [0.5, 0.6) is 0 Å². The molecule has 0 amide bonds. The fourth-order valence-electron chi connectivity index (χ4n) is 3.17. The molecule has 29 heavy (non-hydrogen) atoms. The molecule has 2 aromatic carbocycles. The molecule has 4 rings (SSSR count). The standard InChI is InChI=1S/C20H19N5O3S/c1-12(2)29(27,28)25-16-10-14(8-9-15(16)22-20(25)21)19-18(23-17(11-26)24-19)13-6-4-3-5-7-13/h3-12H,1-2H3,(H2,21,22)(H,23,24). The molecule has 0 unspecified atom stereocenters. The lowest BCUT2D eigenvalue weighted by Crippen LogP contribution is -2.23. The van der Waals surface area contributed by atoms with Gasteiger partial charge in [-0.1, -0.05) is 36.4 Å². The second-order valence-electron chi connectivity index (χ2n) is 6.86. The minimum absolute atomic E-state index is 0.0928. The third kappa shape index (κ3) is 3.09. The quantitative estimate of drug-likeness (QED) is 0.488. The Hall–Kier alpha value is -3.46. The lowest BCUT2D eigenvalue weighted by molar-refractivity contribution is 0.111. The van der Waals surface area contributed by atoms with Gasteiger partial charge in [-0.25, -0.2) is 22.4 Å². The summed E-state index contributed by atoms with van der Waals surface area (Å²) in [5.74, 6) is 0.0894. The number of aldehydes is 1. The van der Waals surface area contributed by atoms with E-state index >= 15 is 0 Å². The molecule has 0 aliphatic rings. The summed E-state index contributed by atoms with van der Waals surface area (Å²) in [6.07, 6.45) is 0.639. The Balaban J connectivity index is 1.97. The fourth-order valence-corrected chi connectivity index (χ4v) is 4.31. The van der Waals surface area contributed by atoms with E-state index in [0.717, 1.165) is 9.54 Å². The van der Waals surface area contributed by atoms with E-state index in [2.05, 4.69) is 15.0 Å². The Morgan fingerprint density at radius 1 is 1.07 bits per heavy atom. The van der Waals surface area contributed by atoms with E-state index in [1.54, 1.807) is 32.0 Å². The number of carbonyl (C=O) groups excluding carboxylic acids is 1. The van der Waals surface area contributed by atoms with Gasteiger partial charge in [0.2, 0.25) is 16.0 Å². The molecule has 0 aliphatic heterocycles. The largest absolute Gasteiger partial charge is 0.368 e. The number of fused-ring (bicyclic) bond motifs is 1. The monoisotopic (exact) mass is 409 g/mol. The van der Waals surface area contributed by atoms with Gasteiger partial charge in [-0.3, -0.25) is 4.79 Å². The number of aromatic nitrogens is 4. The first kappa shape index (κ1) is 18.9. The van der Waals surface area contributed by atoms with Crippen molar-refractivity contribution < 1.29 is 13.2 Å². The van der Waals surface area contributed by atoms with Gasteiger partial charge in [0, 0.05) is 11.1 Å². The smallest absolute Gasteiger partial charge is 0.244 e. The molecule has 0 atom stereocenters. The number of nitrogens with one attached hydrogen (secondary N) is 1. The number of anilines is 1. The van der Waals surface area contributed by atoms with Gasteiger partial charge in [-0.05, 0) is 26.0 Å². The Bertz CT molecular complexity index is 1320. The van der Waals surface area contributed by atoms with Crippen molar-refractivity contribution in [1.29, 1.82) is 0 Å². The van der Waals surface area contributed by atoms with E-state index in [4.69, 9.17) is 5.73 Å². The SMILES string of the molecule is CC(C)S(=O)(=O)n1c(N)nc2ccc(-c3nc(C=O)[nH]c3-c3ccccc3)cc21. The maximum absolute atomic E-state index is 12.8. The zero-order chi connectivity index (χ0) is 20.8. The predicted molar refractivity (Wildman–Crippen MR) is 112 cm³/mol. The summed E-state index contributed by atoms with van der Waals surface area (Å²) in [5, 5.41) is -0.669. The van der Waals surface area contributed by atoms with Crippen LogP contribution in [0.15, 0.2) is 48.5 Å². The molecular weight excluding hydrogens is 390 g/mol. The predicted octanol–water partition coefficient (Wildman–Crippen LogP) is 3.07. The lowest BCUT2D eigenvalue weighted by Gasteiger charge is -2.11. The molecule has 0 saturated heterocycles. The molecule has 0 bridgehead atoms. The fraction of sp³-hybridized carbons (Fsp3) is 0.150. The molecule has 4 aromatic rings. The summed E-state index contributed by atoms with van der Waals surface area (Å²) in [6, 6.07) is 14.6. The number of hydrogen-bond donors (Lipinski definition) is 2. The van der Waals surface area contributed by atoms with Crippen molar-refractivity contribution in [2.24, 2.45) is 0 Å². The zero-order valence-electron chi connectivity index (χ0n) is 15.8. The summed E-state index contributed by atoms with van der Waals surface area (Å²) in [5.41, 5.74) is 9.44. The molecule has 148 valence electrons. The number of H-pyrrole nitrogens is 1. The maximum Gasteiger partial charge on any atom is 0.244 e. The van der Waals surface area contributed by atoms with Gasteiger partial charge in [-0.15, -0.1) is 0 Å². The number of nitrogens with zero attached hydrogens (tertiary/aromatic N) is 3. The molecule has 8 nitrogen and oxygen atoms in total. The number of carbonyl (C=O) groups is 1. The molecule has 0 spiro atoms. The van der Waals surface area contributed by atoms with E-state index in [0.29, 0.717) is 34.3 Å². The van der Waals surface area contributed by atoms with Crippen LogP contribution in [0.25, 0.3) is 33.5 Å². The average Bonchev–Trinajstić information content (AvgIpc) is 3.28. The van der Waals surface area contributed by atoms with E-state index in [-0.39, 0.29) is 11.8 Å². The summed E-state index contributed by atoms with van der Waals surface area (Å²) < 4.78 is 26.6. The van der Waals surface area contributed by atoms with Gasteiger partial charge < -0.3 is 10.7 Å². The first-order valence-corrected chi connectivity index (χ1v) is 10.5. The average molecular weight is 409 g/mol. The van der Waals surface area contributed by atoms with Crippen LogP contribution in [-0.4, -0.2) is 38.9 Å². The summed E-state index contributed by atoms with van der Waals surface area (Å²) in [7, 11) is -3.71. The second-order valence-corrected chi connectivity index (χ2v) is 9.20. The molecule has 2 heterocycles. The number of benzene rings is 2. The molecule has 0 fully saturated rings. The van der Waals surface area contributed by atoms with Crippen LogP contribution in [0.4, 0.5) is 5.95 Å². The van der Waals surface area contributed by atoms with Crippen molar-refractivity contribution in [3.63, 3.8) is 0 Å². The minimum atomic E-state index is -3.71. The third-order valence-electron chi connectivity index (χ3n) is 4.66. The number of aromatic amines is 1. The Kier molecular flexibility index (Phi) is 4.46. The van der Waals surface area contributed by atoms with Crippen molar-refractivity contribution >= 4 is 33.3 Å². The van der Waals surface area contributed by atoms with Crippen molar-refractivity contribution in [2.75, 3.05) is 5.73 Å². The summed E-state index contributed by atoms with van der Waals surface area (Å²) in [4.78, 5) is 22.9. The van der Waals surface area contributed by atoms with Crippen molar-refractivity contribution in [2.45, 2.75) is 19.1 Å². The maximum atomic E-state index is 12.8. The van der Waals surface area contributed by atoms with E-state index in [9.17, 15) is 13.2 Å². The highest BCUT2D eigenvalue weighted by Crippen LogP contribution is 2.33. The number of hydrogen-bond acceptors (Lipinski definition) is 6. The number of rotatable bonds is 5.